The molecule has 2 heterocycles. The first-order chi connectivity index (χ1) is 7.66. The smallest absolute Gasteiger partial charge is 0.266 e. The van der Waals surface area contributed by atoms with Crippen molar-refractivity contribution in [2.45, 2.75) is 13.5 Å². The van der Waals surface area contributed by atoms with E-state index in [-0.39, 0.29) is 5.56 Å². The molecular weight excluding hydrogens is 325 g/mol. The fourth-order valence-corrected chi connectivity index (χ4v) is 1.57. The largest absolute Gasteiger partial charge is 0.362 e. The van der Waals surface area contributed by atoms with Gasteiger partial charge < -0.3 is 14.8 Å². The lowest BCUT2D eigenvalue weighted by molar-refractivity contribution is 0.388. The molecule has 2 aromatic heterocycles. The Morgan fingerprint density at radius 3 is 3.12 bits per heavy atom. The van der Waals surface area contributed by atoms with Crippen LogP contribution in [-0.4, -0.2) is 20.1 Å². The molecule has 2 aromatic rings. The van der Waals surface area contributed by atoms with Crippen LogP contribution in [0.2, 0.25) is 0 Å². The van der Waals surface area contributed by atoms with Gasteiger partial charge in [-0.1, -0.05) is 5.16 Å². The molecule has 0 aliphatic rings. The van der Waals surface area contributed by atoms with Gasteiger partial charge in [-0.05, 0) is 22.6 Å². The van der Waals surface area contributed by atoms with Gasteiger partial charge in [-0.2, -0.15) is 4.98 Å². The second kappa shape index (κ2) is 4.60. The van der Waals surface area contributed by atoms with Crippen molar-refractivity contribution < 1.29 is 4.52 Å². The fourth-order valence-electron chi connectivity index (χ4n) is 1.08. The number of H-pyrrole nitrogens is 1. The van der Waals surface area contributed by atoms with Crippen molar-refractivity contribution in [3.05, 3.63) is 32.0 Å². The van der Waals surface area contributed by atoms with Crippen molar-refractivity contribution in [1.82, 2.24) is 20.1 Å². The van der Waals surface area contributed by atoms with Crippen molar-refractivity contribution in [1.29, 1.82) is 0 Å². The van der Waals surface area contributed by atoms with Crippen LogP contribution < -0.4 is 10.9 Å². The van der Waals surface area contributed by atoms with Gasteiger partial charge in [-0.15, -0.1) is 0 Å². The van der Waals surface area contributed by atoms with Crippen LogP contribution in [0.15, 0.2) is 15.6 Å². The highest BCUT2D eigenvalue weighted by Crippen LogP contribution is 2.09. The molecule has 0 spiro atoms. The summed E-state index contributed by atoms with van der Waals surface area (Å²) in [5.74, 6) is 1.53. The van der Waals surface area contributed by atoms with Gasteiger partial charge >= 0.3 is 0 Å². The first-order valence-corrected chi connectivity index (χ1v) is 5.51. The summed E-state index contributed by atoms with van der Waals surface area (Å²) < 4.78 is 5.32. The Hall–Kier alpha value is -1.45. The van der Waals surface area contributed by atoms with Crippen LogP contribution in [0.4, 0.5) is 5.82 Å². The van der Waals surface area contributed by atoms with Crippen LogP contribution in [0.25, 0.3) is 0 Å². The van der Waals surface area contributed by atoms with Crippen LogP contribution in [0.3, 0.4) is 0 Å². The van der Waals surface area contributed by atoms with E-state index in [0.717, 1.165) is 0 Å². The maximum Gasteiger partial charge on any atom is 0.266 e. The van der Waals surface area contributed by atoms with E-state index >= 15 is 0 Å². The molecule has 0 atom stereocenters. The van der Waals surface area contributed by atoms with Crippen LogP contribution in [-0.2, 0) is 6.54 Å². The third kappa shape index (κ3) is 2.38. The lowest BCUT2D eigenvalue weighted by Crippen LogP contribution is -2.14. The average Bonchev–Trinajstić information content (AvgIpc) is 2.67. The highest BCUT2D eigenvalue weighted by atomic mass is 127. The van der Waals surface area contributed by atoms with Crippen molar-refractivity contribution in [3.63, 3.8) is 0 Å². The second-order valence-corrected chi connectivity index (χ2v) is 4.06. The summed E-state index contributed by atoms with van der Waals surface area (Å²) in [5, 5.41) is 6.68. The van der Waals surface area contributed by atoms with E-state index in [1.54, 1.807) is 6.92 Å². The lowest BCUT2D eigenvalue weighted by Gasteiger charge is -2.02. The molecule has 0 aliphatic heterocycles. The highest BCUT2D eigenvalue weighted by Gasteiger charge is 2.06. The maximum absolute atomic E-state index is 11.3. The Bertz CT molecular complexity index is 549. The molecule has 0 radical (unpaired) electrons. The minimum atomic E-state index is -0.178. The first kappa shape index (κ1) is 11.0. The Kier molecular flexibility index (Phi) is 3.17. The van der Waals surface area contributed by atoms with E-state index in [1.807, 2.05) is 22.6 Å². The number of anilines is 1. The molecule has 0 fully saturated rings. The van der Waals surface area contributed by atoms with Gasteiger partial charge in [0.25, 0.3) is 5.56 Å². The van der Waals surface area contributed by atoms with Crippen LogP contribution in [0.1, 0.15) is 11.7 Å². The molecule has 84 valence electrons. The van der Waals surface area contributed by atoms with E-state index in [0.29, 0.717) is 27.6 Å². The zero-order valence-corrected chi connectivity index (χ0v) is 10.5. The molecule has 8 heteroatoms. The topological polar surface area (TPSA) is 96.7 Å². The maximum atomic E-state index is 11.3. The van der Waals surface area contributed by atoms with E-state index in [2.05, 4.69) is 25.4 Å². The van der Waals surface area contributed by atoms with E-state index < -0.39 is 0 Å². The zero-order valence-electron chi connectivity index (χ0n) is 8.32. The Morgan fingerprint density at radius 2 is 2.44 bits per heavy atom. The highest BCUT2D eigenvalue weighted by molar-refractivity contribution is 14.1. The summed E-state index contributed by atoms with van der Waals surface area (Å²) in [6.45, 7) is 2.08. The molecule has 0 aromatic carbocycles. The predicted octanol–water partition coefficient (Wildman–Crippen LogP) is 0.678. The minimum absolute atomic E-state index is 0.178. The van der Waals surface area contributed by atoms with E-state index in [1.165, 1.54) is 6.33 Å². The van der Waals surface area contributed by atoms with Gasteiger partial charge in [0.15, 0.2) is 5.82 Å². The number of nitrogens with zero attached hydrogens (tertiary/aromatic N) is 3. The second-order valence-electron chi connectivity index (χ2n) is 2.98. The summed E-state index contributed by atoms with van der Waals surface area (Å²) in [4.78, 5) is 21.8. The van der Waals surface area contributed by atoms with Crippen molar-refractivity contribution >= 4 is 28.4 Å². The lowest BCUT2D eigenvalue weighted by atomic mass is 10.5. The summed E-state index contributed by atoms with van der Waals surface area (Å²) in [5.41, 5.74) is -0.178. The molecule has 0 aliphatic carbocycles. The molecule has 0 amide bonds. The van der Waals surface area contributed by atoms with Crippen LogP contribution in [0, 0.1) is 10.5 Å². The molecular formula is C8H8IN5O2. The normalized spacial score (nSPS) is 10.4. The number of halogens is 1. The number of hydrogen-bond donors (Lipinski definition) is 2. The molecule has 0 saturated carbocycles. The average molecular weight is 333 g/mol. The summed E-state index contributed by atoms with van der Waals surface area (Å²) in [7, 11) is 0. The van der Waals surface area contributed by atoms with Gasteiger partial charge in [0.05, 0.1) is 12.9 Å². The molecule has 0 unspecified atom stereocenters. The molecule has 2 rings (SSSR count). The Balaban J connectivity index is 2.10. The SMILES string of the molecule is Cc1nc(CNc2nc[nH]c(=O)c2I)no1. The monoisotopic (exact) mass is 333 g/mol. The number of rotatable bonds is 3. The standard InChI is InChI=1S/C8H8IN5O2/c1-4-13-5(14-16-4)2-10-7-6(9)8(15)12-3-11-7/h3H,2H2,1H3,(H2,10,11,12,15). The predicted molar refractivity (Wildman–Crippen MR) is 63.9 cm³/mol. The third-order valence-corrected chi connectivity index (χ3v) is 2.78. The number of aromatic amines is 1. The van der Waals surface area contributed by atoms with Gasteiger partial charge in [-0.3, -0.25) is 4.79 Å². The molecule has 2 N–H and O–H groups in total. The quantitative estimate of drug-likeness (QED) is 0.802. The summed E-state index contributed by atoms with van der Waals surface area (Å²) in [6.07, 6.45) is 1.34. The summed E-state index contributed by atoms with van der Waals surface area (Å²) >= 11 is 1.92. The van der Waals surface area contributed by atoms with Crippen LogP contribution >= 0.6 is 22.6 Å². The van der Waals surface area contributed by atoms with Gasteiger partial charge in [-0.25, -0.2) is 4.98 Å². The van der Waals surface area contributed by atoms with Crippen molar-refractivity contribution in [2.24, 2.45) is 0 Å². The molecule has 0 saturated heterocycles. The van der Waals surface area contributed by atoms with Gasteiger partial charge in [0, 0.05) is 6.92 Å². The number of nitrogens with one attached hydrogen (secondary N) is 2. The van der Waals surface area contributed by atoms with Gasteiger partial charge in [0.1, 0.15) is 9.39 Å². The van der Waals surface area contributed by atoms with Crippen molar-refractivity contribution in [2.75, 3.05) is 5.32 Å². The minimum Gasteiger partial charge on any atom is -0.362 e. The zero-order chi connectivity index (χ0) is 11.5. The molecule has 7 nitrogen and oxygen atoms in total. The van der Waals surface area contributed by atoms with E-state index in [4.69, 9.17) is 4.52 Å². The Labute approximate surface area is 104 Å². The van der Waals surface area contributed by atoms with Crippen LogP contribution in [0.5, 0.6) is 0 Å². The number of hydrogen-bond acceptors (Lipinski definition) is 6. The Morgan fingerprint density at radius 1 is 1.62 bits per heavy atom. The molecule has 0 bridgehead atoms. The number of aromatic nitrogens is 4. The van der Waals surface area contributed by atoms with E-state index in [9.17, 15) is 4.79 Å². The van der Waals surface area contributed by atoms with Crippen molar-refractivity contribution in [3.8, 4) is 0 Å². The van der Waals surface area contributed by atoms with Gasteiger partial charge in [0.2, 0.25) is 5.89 Å². The first-order valence-electron chi connectivity index (χ1n) is 4.43. The molecule has 16 heavy (non-hydrogen) atoms. The summed E-state index contributed by atoms with van der Waals surface area (Å²) in [6, 6.07) is 0. The number of aryl methyl sites for hydroxylation is 1. The fraction of sp³-hybridized carbons (Fsp3) is 0.250. The third-order valence-electron chi connectivity index (χ3n) is 1.78.